The Morgan fingerprint density at radius 1 is 1.50 bits per heavy atom. The van der Waals surface area contributed by atoms with Crippen LogP contribution in [0.3, 0.4) is 0 Å². The van der Waals surface area contributed by atoms with E-state index in [1.54, 1.807) is 11.8 Å². The minimum atomic E-state index is -3.68. The van der Waals surface area contributed by atoms with Crippen molar-refractivity contribution in [2.24, 2.45) is 0 Å². The summed E-state index contributed by atoms with van der Waals surface area (Å²) in [6.45, 7) is 1.87. The second-order valence-electron chi connectivity index (χ2n) is 5.14. The van der Waals surface area contributed by atoms with E-state index >= 15 is 0 Å². The van der Waals surface area contributed by atoms with Gasteiger partial charge >= 0.3 is 0 Å². The molecule has 1 unspecified atom stereocenters. The van der Waals surface area contributed by atoms with E-state index < -0.39 is 22.4 Å². The van der Waals surface area contributed by atoms with Gasteiger partial charge < -0.3 is 5.11 Å². The molecule has 0 radical (unpaired) electrons. The maximum absolute atomic E-state index is 13.3. The van der Waals surface area contributed by atoms with Crippen molar-refractivity contribution < 1.29 is 17.9 Å². The van der Waals surface area contributed by atoms with Gasteiger partial charge in [0, 0.05) is 16.9 Å². The van der Waals surface area contributed by atoms with Crippen LogP contribution in [0.25, 0.3) is 0 Å². The molecule has 7 heteroatoms. The summed E-state index contributed by atoms with van der Waals surface area (Å²) in [6.07, 6.45) is 2.07. The minimum absolute atomic E-state index is 0.0189. The Kier molecular flexibility index (Phi) is 4.73. The van der Waals surface area contributed by atoms with Gasteiger partial charge in [-0.25, -0.2) is 17.5 Å². The number of aliphatic hydroxyl groups excluding tert-OH is 1. The summed E-state index contributed by atoms with van der Waals surface area (Å²) in [5, 5.41) is 8.99. The van der Waals surface area contributed by atoms with Gasteiger partial charge in [0.1, 0.15) is 5.82 Å². The van der Waals surface area contributed by atoms with Crippen LogP contribution in [0.1, 0.15) is 25.3 Å². The molecule has 112 valence electrons. The van der Waals surface area contributed by atoms with Crippen molar-refractivity contribution in [1.29, 1.82) is 0 Å². The van der Waals surface area contributed by atoms with E-state index in [-0.39, 0.29) is 15.2 Å². The fraction of sp³-hybridized carbons (Fsp3) is 0.538. The number of aliphatic hydroxyl groups is 1. The van der Waals surface area contributed by atoms with Crippen molar-refractivity contribution in [3.63, 3.8) is 0 Å². The highest BCUT2D eigenvalue weighted by Gasteiger charge is 2.31. The molecule has 1 aliphatic rings. The molecule has 20 heavy (non-hydrogen) atoms. The zero-order chi connectivity index (χ0) is 14.8. The summed E-state index contributed by atoms with van der Waals surface area (Å²) in [5.74, 6) is 0.438. The maximum Gasteiger partial charge on any atom is 0.240 e. The molecule has 1 saturated heterocycles. The summed E-state index contributed by atoms with van der Waals surface area (Å²) in [4.78, 5) is -0.0189. The molecular weight excluding hydrogens is 301 g/mol. The van der Waals surface area contributed by atoms with E-state index in [1.165, 1.54) is 12.1 Å². The molecule has 2 rings (SSSR count). The van der Waals surface area contributed by atoms with Crippen molar-refractivity contribution in [2.75, 3.05) is 12.3 Å². The first-order valence-electron chi connectivity index (χ1n) is 6.39. The number of benzene rings is 1. The van der Waals surface area contributed by atoms with Gasteiger partial charge in [0.15, 0.2) is 0 Å². The molecule has 1 atom stereocenters. The predicted molar refractivity (Wildman–Crippen MR) is 77.6 cm³/mol. The minimum Gasteiger partial charge on any atom is -0.392 e. The second kappa shape index (κ2) is 6.01. The van der Waals surface area contributed by atoms with E-state index in [9.17, 15) is 12.8 Å². The molecule has 0 aromatic heterocycles. The zero-order valence-electron chi connectivity index (χ0n) is 11.2. The quantitative estimate of drug-likeness (QED) is 0.870. The number of nitrogens with one attached hydrogen (secondary N) is 1. The van der Waals surface area contributed by atoms with Gasteiger partial charge in [-0.15, -0.1) is 0 Å². The lowest BCUT2D eigenvalue weighted by molar-refractivity contribution is 0.275. The van der Waals surface area contributed by atoms with Gasteiger partial charge in [-0.1, -0.05) is 0 Å². The maximum atomic E-state index is 13.3. The smallest absolute Gasteiger partial charge is 0.240 e. The topological polar surface area (TPSA) is 66.4 Å². The predicted octanol–water partition coefficient (Wildman–Crippen LogP) is 1.88. The van der Waals surface area contributed by atoms with Gasteiger partial charge in [-0.2, -0.15) is 11.8 Å². The Hall–Kier alpha value is -0.630. The van der Waals surface area contributed by atoms with E-state index in [2.05, 4.69) is 4.72 Å². The molecule has 1 heterocycles. The number of hydrogen-bond donors (Lipinski definition) is 2. The van der Waals surface area contributed by atoms with Crippen molar-refractivity contribution in [3.8, 4) is 0 Å². The third-order valence-corrected chi connectivity index (χ3v) is 6.37. The van der Waals surface area contributed by atoms with Crippen molar-refractivity contribution >= 4 is 21.8 Å². The standard InChI is InChI=1S/C13H18FNO3S2/c1-13(5-2-6-19-13)9-15-20(17,18)11-3-4-12(14)10(7-11)8-16/h3-4,7,15-16H,2,5-6,8-9H2,1H3. The summed E-state index contributed by atoms with van der Waals surface area (Å²) < 4.78 is 40.1. The van der Waals surface area contributed by atoms with Crippen LogP contribution in [0.15, 0.2) is 23.1 Å². The number of halogens is 1. The SMILES string of the molecule is CC1(CNS(=O)(=O)c2ccc(F)c(CO)c2)CCCS1. The van der Waals surface area contributed by atoms with Crippen LogP contribution in [-0.2, 0) is 16.6 Å². The van der Waals surface area contributed by atoms with Crippen molar-refractivity contribution in [1.82, 2.24) is 4.72 Å². The largest absolute Gasteiger partial charge is 0.392 e. The zero-order valence-corrected chi connectivity index (χ0v) is 12.9. The molecule has 0 spiro atoms. The lowest BCUT2D eigenvalue weighted by Gasteiger charge is -2.22. The summed E-state index contributed by atoms with van der Waals surface area (Å²) in [7, 11) is -3.68. The fourth-order valence-electron chi connectivity index (χ4n) is 2.15. The first kappa shape index (κ1) is 15.8. The molecule has 1 aromatic carbocycles. The van der Waals surface area contributed by atoms with E-state index in [4.69, 9.17) is 5.11 Å². The molecule has 0 aliphatic carbocycles. The highest BCUT2D eigenvalue weighted by Crippen LogP contribution is 2.37. The van der Waals surface area contributed by atoms with Crippen molar-refractivity contribution in [3.05, 3.63) is 29.6 Å². The van der Waals surface area contributed by atoms with Crippen LogP contribution in [0, 0.1) is 5.82 Å². The lowest BCUT2D eigenvalue weighted by Crippen LogP contribution is -2.36. The summed E-state index contributed by atoms with van der Waals surface area (Å²) in [6, 6.07) is 3.44. The first-order valence-corrected chi connectivity index (χ1v) is 8.86. The van der Waals surface area contributed by atoms with E-state index in [0.29, 0.717) is 6.54 Å². The van der Waals surface area contributed by atoms with Crippen molar-refractivity contribution in [2.45, 2.75) is 36.0 Å². The van der Waals surface area contributed by atoms with Gasteiger partial charge in [0.25, 0.3) is 0 Å². The molecule has 1 aromatic rings. The van der Waals surface area contributed by atoms with Gasteiger partial charge in [-0.05, 0) is 43.7 Å². The van der Waals surface area contributed by atoms with Crippen LogP contribution in [0.5, 0.6) is 0 Å². The van der Waals surface area contributed by atoms with Gasteiger partial charge in [0.05, 0.1) is 11.5 Å². The normalized spacial score (nSPS) is 23.1. The van der Waals surface area contributed by atoms with Crippen LogP contribution in [-0.4, -0.2) is 30.6 Å². The van der Waals surface area contributed by atoms with Crippen LogP contribution < -0.4 is 4.72 Å². The molecule has 1 fully saturated rings. The summed E-state index contributed by atoms with van der Waals surface area (Å²) >= 11 is 1.76. The van der Waals surface area contributed by atoms with Crippen LogP contribution in [0.4, 0.5) is 4.39 Å². The molecule has 2 N–H and O–H groups in total. The molecule has 0 amide bonds. The Labute approximate surface area is 122 Å². The fourth-order valence-corrected chi connectivity index (χ4v) is 4.70. The van der Waals surface area contributed by atoms with Crippen LogP contribution >= 0.6 is 11.8 Å². The summed E-state index contributed by atoms with van der Waals surface area (Å²) in [5.41, 5.74) is -0.0191. The lowest BCUT2D eigenvalue weighted by atomic mass is 10.1. The average molecular weight is 319 g/mol. The monoisotopic (exact) mass is 319 g/mol. The van der Waals surface area contributed by atoms with Gasteiger partial charge in [-0.3, -0.25) is 0 Å². The molecular formula is C13H18FNO3S2. The number of thioether (sulfide) groups is 1. The Balaban J connectivity index is 2.14. The first-order chi connectivity index (χ1) is 9.36. The Morgan fingerprint density at radius 3 is 2.85 bits per heavy atom. The second-order valence-corrected chi connectivity index (χ2v) is 8.59. The number of hydrogen-bond acceptors (Lipinski definition) is 4. The Morgan fingerprint density at radius 2 is 2.25 bits per heavy atom. The third kappa shape index (κ3) is 3.52. The van der Waals surface area contributed by atoms with E-state index in [0.717, 1.165) is 24.7 Å². The Bertz CT molecular complexity index is 583. The average Bonchev–Trinajstić information content (AvgIpc) is 2.85. The molecule has 0 bridgehead atoms. The highest BCUT2D eigenvalue weighted by molar-refractivity contribution is 8.01. The molecule has 0 saturated carbocycles. The highest BCUT2D eigenvalue weighted by atomic mass is 32.2. The van der Waals surface area contributed by atoms with Gasteiger partial charge in [0.2, 0.25) is 10.0 Å². The third-order valence-electron chi connectivity index (χ3n) is 3.43. The number of rotatable bonds is 5. The van der Waals surface area contributed by atoms with Crippen LogP contribution in [0.2, 0.25) is 0 Å². The molecule has 4 nitrogen and oxygen atoms in total. The number of sulfonamides is 1. The molecule has 1 aliphatic heterocycles. The van der Waals surface area contributed by atoms with E-state index in [1.807, 2.05) is 6.92 Å².